The maximum Gasteiger partial charge on any atom is 0.343 e. The van der Waals surface area contributed by atoms with E-state index in [1.165, 1.54) is 30.3 Å². The number of rotatable bonds is 15. The summed E-state index contributed by atoms with van der Waals surface area (Å²) in [5.74, 6) is -0.637. The monoisotopic (exact) mass is 572 g/mol. The van der Waals surface area contributed by atoms with Crippen LogP contribution >= 0.6 is 0 Å². The third-order valence-electron chi connectivity index (χ3n) is 5.84. The molecule has 0 aliphatic carbocycles. The van der Waals surface area contributed by atoms with Gasteiger partial charge >= 0.3 is 23.9 Å². The number of ether oxygens (including phenoxy) is 5. The zero-order valence-electron chi connectivity index (χ0n) is 23.3. The smallest absolute Gasteiger partial charge is 0.343 e. The van der Waals surface area contributed by atoms with Gasteiger partial charge in [0, 0.05) is 12.2 Å². The first-order valence-electron chi connectivity index (χ1n) is 13.3. The van der Waals surface area contributed by atoms with Crippen molar-refractivity contribution < 1.29 is 42.9 Å². The summed E-state index contributed by atoms with van der Waals surface area (Å²) < 4.78 is 26.6. The lowest BCUT2D eigenvalue weighted by molar-refractivity contribution is -0.137. The third kappa shape index (κ3) is 10.1. The van der Waals surface area contributed by atoms with Gasteiger partial charge in [0.05, 0.1) is 24.3 Å². The second-order valence-electron chi connectivity index (χ2n) is 9.01. The van der Waals surface area contributed by atoms with Gasteiger partial charge in [-0.25, -0.2) is 19.2 Å². The minimum atomic E-state index is -0.603. The average molecular weight is 573 g/mol. The van der Waals surface area contributed by atoms with E-state index < -0.39 is 23.9 Å². The molecule has 3 aromatic carbocycles. The van der Waals surface area contributed by atoms with Crippen molar-refractivity contribution in [2.75, 3.05) is 13.2 Å². The van der Waals surface area contributed by atoms with E-state index in [-0.39, 0.29) is 17.1 Å². The summed E-state index contributed by atoms with van der Waals surface area (Å²) in [6.07, 6.45) is 5.69. The van der Waals surface area contributed by atoms with Crippen LogP contribution < -0.4 is 18.9 Å². The molecule has 0 atom stereocenters. The van der Waals surface area contributed by atoms with Gasteiger partial charge in [-0.3, -0.25) is 0 Å². The molecule has 42 heavy (non-hydrogen) atoms. The Hall–Kier alpha value is -5.18. The Morgan fingerprint density at radius 2 is 1.17 bits per heavy atom. The largest absolute Gasteiger partial charge is 0.494 e. The van der Waals surface area contributed by atoms with Crippen LogP contribution in [0.2, 0.25) is 0 Å². The van der Waals surface area contributed by atoms with E-state index in [0.717, 1.165) is 37.8 Å². The zero-order chi connectivity index (χ0) is 30.3. The summed E-state index contributed by atoms with van der Waals surface area (Å²) in [5.41, 5.74) is 1.21. The maximum absolute atomic E-state index is 12.7. The van der Waals surface area contributed by atoms with Crippen LogP contribution in [0.4, 0.5) is 0 Å². The van der Waals surface area contributed by atoms with Crippen molar-refractivity contribution in [3.05, 3.63) is 109 Å². The van der Waals surface area contributed by atoms with E-state index in [9.17, 15) is 19.2 Å². The number of hydrogen-bond donors (Lipinski definition) is 0. The van der Waals surface area contributed by atoms with Crippen molar-refractivity contribution >= 4 is 23.9 Å². The fraction of sp³-hybridized carbons (Fsp3) is 0.212. The zero-order valence-corrected chi connectivity index (χ0v) is 23.3. The highest BCUT2D eigenvalue weighted by atomic mass is 16.5. The number of carbonyl (C=O) groups excluding carboxylic acids is 4. The van der Waals surface area contributed by atoms with Crippen LogP contribution in [0, 0.1) is 6.92 Å². The summed E-state index contributed by atoms with van der Waals surface area (Å²) >= 11 is 0. The molecule has 0 aromatic heterocycles. The highest BCUT2D eigenvalue weighted by Gasteiger charge is 2.14. The summed E-state index contributed by atoms with van der Waals surface area (Å²) in [7, 11) is 0. The van der Waals surface area contributed by atoms with Gasteiger partial charge in [0.1, 0.15) is 23.0 Å². The van der Waals surface area contributed by atoms with Crippen molar-refractivity contribution in [2.24, 2.45) is 0 Å². The fourth-order valence-corrected chi connectivity index (χ4v) is 3.61. The topological polar surface area (TPSA) is 114 Å². The molecule has 0 N–H and O–H groups in total. The van der Waals surface area contributed by atoms with E-state index >= 15 is 0 Å². The molecule has 0 aliphatic rings. The first kappa shape index (κ1) is 31.3. The Morgan fingerprint density at radius 1 is 0.619 bits per heavy atom. The van der Waals surface area contributed by atoms with Crippen LogP contribution in [0.25, 0.3) is 0 Å². The molecule has 9 nitrogen and oxygen atoms in total. The van der Waals surface area contributed by atoms with Crippen molar-refractivity contribution in [3.63, 3.8) is 0 Å². The van der Waals surface area contributed by atoms with Crippen LogP contribution in [-0.2, 0) is 14.3 Å². The van der Waals surface area contributed by atoms with Gasteiger partial charge < -0.3 is 23.7 Å². The lowest BCUT2D eigenvalue weighted by Crippen LogP contribution is -2.11. The molecule has 0 saturated heterocycles. The quantitative estimate of drug-likeness (QED) is 0.0909. The molecule has 0 amide bonds. The molecular weight excluding hydrogens is 540 g/mol. The van der Waals surface area contributed by atoms with Crippen LogP contribution in [0.3, 0.4) is 0 Å². The maximum atomic E-state index is 12.7. The van der Waals surface area contributed by atoms with E-state index in [2.05, 4.69) is 13.2 Å². The van der Waals surface area contributed by atoms with Crippen LogP contribution in [0.15, 0.2) is 92.0 Å². The number of benzene rings is 3. The first-order chi connectivity index (χ1) is 20.3. The van der Waals surface area contributed by atoms with Crippen molar-refractivity contribution in [3.8, 4) is 23.0 Å². The lowest BCUT2D eigenvalue weighted by Gasteiger charge is -2.11. The molecular formula is C33H32O9. The Kier molecular flexibility index (Phi) is 12.1. The standard InChI is InChI=1S/C33H32O9/c1-4-30(34)39-21-9-7-6-8-20-38-26-14-10-25(11-15-26)33(37)42-29-19-18-28(22-23(29)3)41-32(36)24-12-16-27(17-13-24)40-31(35)5-2/h4-5,10-19,22H,1-2,6-9,20-21H2,3H3. The van der Waals surface area contributed by atoms with Crippen LogP contribution in [0.5, 0.6) is 23.0 Å². The molecule has 0 unspecified atom stereocenters. The Bertz CT molecular complexity index is 1410. The molecule has 3 rings (SSSR count). The SMILES string of the molecule is C=CC(=O)OCCCCCCOc1ccc(C(=O)Oc2ccc(OC(=O)c3ccc(OC(=O)C=C)cc3)cc2C)cc1. The highest BCUT2D eigenvalue weighted by Crippen LogP contribution is 2.26. The van der Waals surface area contributed by atoms with E-state index in [0.29, 0.717) is 35.8 Å². The normalized spacial score (nSPS) is 10.2. The molecule has 0 bridgehead atoms. The lowest BCUT2D eigenvalue weighted by atomic mass is 10.2. The number of hydrogen-bond acceptors (Lipinski definition) is 9. The molecule has 0 radical (unpaired) electrons. The van der Waals surface area contributed by atoms with Crippen molar-refractivity contribution in [1.82, 2.24) is 0 Å². The summed E-state index contributed by atoms with van der Waals surface area (Å²) in [4.78, 5) is 47.4. The van der Waals surface area contributed by atoms with Gasteiger partial charge in [0.15, 0.2) is 0 Å². The van der Waals surface area contributed by atoms with E-state index in [1.54, 1.807) is 43.3 Å². The minimum absolute atomic E-state index is 0.262. The van der Waals surface area contributed by atoms with Crippen molar-refractivity contribution in [2.45, 2.75) is 32.6 Å². The van der Waals surface area contributed by atoms with Crippen LogP contribution in [0.1, 0.15) is 52.0 Å². The molecule has 0 heterocycles. The second kappa shape index (κ2) is 16.2. The van der Waals surface area contributed by atoms with Gasteiger partial charge in [0.2, 0.25) is 0 Å². The Morgan fingerprint density at radius 3 is 1.76 bits per heavy atom. The molecule has 0 saturated carbocycles. The van der Waals surface area contributed by atoms with Gasteiger partial charge in [-0.1, -0.05) is 13.2 Å². The summed E-state index contributed by atoms with van der Waals surface area (Å²) in [5, 5.41) is 0. The number of esters is 4. The van der Waals surface area contributed by atoms with E-state index in [1.807, 2.05) is 0 Å². The van der Waals surface area contributed by atoms with Crippen molar-refractivity contribution in [1.29, 1.82) is 0 Å². The first-order valence-corrected chi connectivity index (χ1v) is 13.3. The summed E-state index contributed by atoms with van der Waals surface area (Å²) in [6.45, 7) is 9.33. The predicted octanol–water partition coefficient (Wildman–Crippen LogP) is 6.19. The van der Waals surface area contributed by atoms with Gasteiger partial charge in [-0.05, 0) is 105 Å². The Balaban J connectivity index is 1.43. The minimum Gasteiger partial charge on any atom is -0.494 e. The molecule has 9 heteroatoms. The van der Waals surface area contributed by atoms with Gasteiger partial charge in [-0.2, -0.15) is 0 Å². The Labute approximate surface area is 244 Å². The molecule has 0 fully saturated rings. The molecule has 3 aromatic rings. The number of unbranched alkanes of at least 4 members (excludes halogenated alkanes) is 3. The van der Waals surface area contributed by atoms with Gasteiger partial charge in [0.25, 0.3) is 0 Å². The molecule has 0 spiro atoms. The van der Waals surface area contributed by atoms with E-state index in [4.69, 9.17) is 23.7 Å². The highest BCUT2D eigenvalue weighted by molar-refractivity contribution is 5.92. The average Bonchev–Trinajstić information content (AvgIpc) is 3.00. The third-order valence-corrected chi connectivity index (χ3v) is 5.84. The molecule has 218 valence electrons. The number of carbonyl (C=O) groups is 4. The second-order valence-corrected chi connectivity index (χ2v) is 9.01. The van der Waals surface area contributed by atoms with Crippen LogP contribution in [-0.4, -0.2) is 37.1 Å². The predicted molar refractivity (Wildman–Crippen MR) is 155 cm³/mol. The van der Waals surface area contributed by atoms with Gasteiger partial charge in [-0.15, -0.1) is 0 Å². The molecule has 0 aliphatic heterocycles. The number of aryl methyl sites for hydroxylation is 1. The summed E-state index contributed by atoms with van der Waals surface area (Å²) in [6, 6.07) is 17.2. The fourth-order valence-electron chi connectivity index (χ4n) is 3.61.